The molecule has 1 saturated carbocycles. The molecule has 1 aliphatic heterocycles. The number of aldehydes is 1. The Morgan fingerprint density at radius 3 is 2.52 bits per heavy atom. The van der Waals surface area contributed by atoms with Crippen molar-refractivity contribution in [3.63, 3.8) is 0 Å². The number of halogens is 4. The minimum Gasteiger partial charge on any atom is -0.506 e. The molecule has 2 amide bonds. The molecular weight excluding hydrogens is 603 g/mol. The third-order valence-corrected chi connectivity index (χ3v) is 7.70. The van der Waals surface area contributed by atoms with Crippen LogP contribution in [0, 0.1) is 0 Å². The molecule has 3 N–H and O–H groups in total. The largest absolute Gasteiger partial charge is 0.506 e. The summed E-state index contributed by atoms with van der Waals surface area (Å²) in [6, 6.07) is 11.4. The summed E-state index contributed by atoms with van der Waals surface area (Å²) in [5, 5.41) is 16.9. The highest BCUT2D eigenvalue weighted by Crippen LogP contribution is 2.39. The van der Waals surface area contributed by atoms with Gasteiger partial charge in [0.05, 0.1) is 19.6 Å². The van der Waals surface area contributed by atoms with E-state index in [9.17, 15) is 27.9 Å². The Balaban J connectivity index is 0.000000801. The van der Waals surface area contributed by atoms with Crippen molar-refractivity contribution >= 4 is 35.4 Å². The van der Waals surface area contributed by atoms with Gasteiger partial charge in [-0.25, -0.2) is 0 Å². The van der Waals surface area contributed by atoms with Gasteiger partial charge in [0.1, 0.15) is 11.4 Å². The number of nitrogens with one attached hydrogen (secondary N) is 2. The lowest BCUT2D eigenvalue weighted by Crippen LogP contribution is -2.45. The van der Waals surface area contributed by atoms with E-state index in [4.69, 9.17) is 25.9 Å². The summed E-state index contributed by atoms with van der Waals surface area (Å²) in [4.78, 5) is 35.5. The molecule has 1 aliphatic carbocycles. The summed E-state index contributed by atoms with van der Waals surface area (Å²) in [5.74, 6) is 0.397. The van der Waals surface area contributed by atoms with Crippen LogP contribution >= 0.6 is 11.6 Å². The average Bonchev–Trinajstić information content (AvgIpc) is 3.01. The number of ether oxygens (including phenoxy) is 2. The van der Waals surface area contributed by atoms with Crippen LogP contribution < -0.4 is 15.4 Å². The summed E-state index contributed by atoms with van der Waals surface area (Å²) >= 11 is 6.21. The number of carbonyl (C=O) groups is 3. The molecule has 13 heteroatoms. The highest BCUT2D eigenvalue weighted by molar-refractivity contribution is 6.31. The number of rotatable bonds is 13. The van der Waals surface area contributed by atoms with E-state index >= 15 is 0 Å². The van der Waals surface area contributed by atoms with Gasteiger partial charge in [0.15, 0.2) is 12.4 Å². The fraction of sp³-hybridized carbons (Fsp3) is 0.516. The van der Waals surface area contributed by atoms with Crippen LogP contribution in [0.3, 0.4) is 0 Å². The average molecular weight is 642 g/mol. The number of hydrogen-bond acceptors (Lipinski definition) is 7. The van der Waals surface area contributed by atoms with Crippen molar-refractivity contribution < 1.29 is 42.1 Å². The maximum atomic E-state index is 13.2. The van der Waals surface area contributed by atoms with Gasteiger partial charge in [-0.15, -0.1) is 0 Å². The normalized spacial score (nSPS) is 14.9. The Kier molecular flexibility index (Phi) is 14.2. The van der Waals surface area contributed by atoms with Crippen LogP contribution in [0.4, 0.5) is 18.9 Å². The lowest BCUT2D eigenvalue weighted by atomic mass is 9.94. The highest BCUT2D eigenvalue weighted by atomic mass is 35.5. The molecule has 0 unspecified atom stereocenters. The van der Waals surface area contributed by atoms with Gasteiger partial charge in [-0.1, -0.05) is 55.1 Å². The van der Waals surface area contributed by atoms with Gasteiger partial charge < -0.3 is 30.1 Å². The molecule has 2 aromatic rings. The Morgan fingerprint density at radius 1 is 1.09 bits per heavy atom. The lowest BCUT2D eigenvalue weighted by molar-refractivity contribution is -0.156. The molecule has 4 rings (SSSR count). The van der Waals surface area contributed by atoms with E-state index in [2.05, 4.69) is 10.6 Å². The number of amides is 2. The molecular formula is C31H39ClF3N3O6. The molecule has 2 aliphatic rings. The van der Waals surface area contributed by atoms with Gasteiger partial charge in [-0.2, -0.15) is 13.2 Å². The molecule has 0 atom stereocenters. The van der Waals surface area contributed by atoms with E-state index in [0.717, 1.165) is 35.4 Å². The van der Waals surface area contributed by atoms with Gasteiger partial charge >= 0.3 is 6.18 Å². The predicted octanol–water partition coefficient (Wildman–Crippen LogP) is 5.07. The predicted molar refractivity (Wildman–Crippen MR) is 160 cm³/mol. The number of hydrogen-bond donors (Lipinski definition) is 3. The zero-order valence-corrected chi connectivity index (χ0v) is 25.2. The molecule has 9 nitrogen and oxygen atoms in total. The third-order valence-electron chi connectivity index (χ3n) is 7.33. The summed E-state index contributed by atoms with van der Waals surface area (Å²) in [5.41, 5.74) is 2.31. The van der Waals surface area contributed by atoms with E-state index in [1.165, 1.54) is 19.3 Å². The zero-order chi connectivity index (χ0) is 32.0. The van der Waals surface area contributed by atoms with E-state index in [0.29, 0.717) is 63.2 Å². The maximum Gasteiger partial charge on any atom is 0.446 e. The van der Waals surface area contributed by atoms with Crippen molar-refractivity contribution in [1.29, 1.82) is 0 Å². The Labute approximate surface area is 260 Å². The van der Waals surface area contributed by atoms with Crippen LogP contribution in [0.5, 0.6) is 11.5 Å². The number of nitrogens with zero attached hydrogens (tertiary/aromatic N) is 1. The second-order valence-electron chi connectivity index (χ2n) is 10.5. The van der Waals surface area contributed by atoms with Crippen LogP contribution in [0.1, 0.15) is 49.7 Å². The fourth-order valence-electron chi connectivity index (χ4n) is 5.15. The van der Waals surface area contributed by atoms with Crippen LogP contribution in [-0.2, 0) is 32.0 Å². The Morgan fingerprint density at radius 2 is 1.82 bits per heavy atom. The number of phenols is 1. The molecule has 1 fully saturated rings. The molecule has 0 saturated heterocycles. The third kappa shape index (κ3) is 11.6. The molecule has 0 bridgehead atoms. The second kappa shape index (κ2) is 17.8. The summed E-state index contributed by atoms with van der Waals surface area (Å²) in [6.07, 6.45) is 1.76. The summed E-state index contributed by atoms with van der Waals surface area (Å²) in [7, 11) is 0. The standard InChI is InChI=1S/C29H38ClN3O5.C2HF3O/c30-24-9-5-4-6-21(24)13-18-37-19-14-27(36)33(23-7-2-1-3-8-23)17-16-31-15-12-22-10-11-25(34)28-29(22)38-20-26(35)32-28;3-2(4,5)1-6/h4-6,9-11,23,31,34H,1-3,7-8,12-20H2,(H,32,35);1H. The van der Waals surface area contributed by atoms with Crippen LogP contribution in [0.25, 0.3) is 0 Å². The van der Waals surface area contributed by atoms with E-state index in [-0.39, 0.29) is 24.2 Å². The van der Waals surface area contributed by atoms with Crippen molar-refractivity contribution in [3.05, 3.63) is 52.5 Å². The van der Waals surface area contributed by atoms with E-state index in [1.54, 1.807) is 6.07 Å². The van der Waals surface area contributed by atoms with Crippen molar-refractivity contribution in [1.82, 2.24) is 10.2 Å². The van der Waals surface area contributed by atoms with Crippen molar-refractivity contribution in [2.75, 3.05) is 44.8 Å². The first-order valence-electron chi connectivity index (χ1n) is 14.7. The number of carbonyl (C=O) groups excluding carboxylic acids is 3. The topological polar surface area (TPSA) is 117 Å². The van der Waals surface area contributed by atoms with Gasteiger partial charge in [0, 0.05) is 24.2 Å². The van der Waals surface area contributed by atoms with Gasteiger partial charge in [0.2, 0.25) is 12.2 Å². The Hall–Kier alpha value is -3.35. The van der Waals surface area contributed by atoms with E-state index in [1.807, 2.05) is 35.2 Å². The number of fused-ring (bicyclic) bond motifs is 1. The number of benzene rings is 2. The van der Waals surface area contributed by atoms with E-state index < -0.39 is 12.5 Å². The molecule has 1 heterocycles. The summed E-state index contributed by atoms with van der Waals surface area (Å²) < 4.78 is 42.6. The summed E-state index contributed by atoms with van der Waals surface area (Å²) in [6.45, 7) is 2.92. The first kappa shape index (κ1) is 35.1. The van der Waals surface area contributed by atoms with Crippen LogP contribution in [-0.4, -0.2) is 79.8 Å². The molecule has 0 aromatic heterocycles. The Bertz CT molecular complexity index is 1240. The highest BCUT2D eigenvalue weighted by Gasteiger charge is 2.26. The van der Waals surface area contributed by atoms with Crippen molar-refractivity contribution in [2.45, 2.75) is 63.6 Å². The quantitative estimate of drug-likeness (QED) is 0.159. The first-order valence-corrected chi connectivity index (χ1v) is 15.1. The minimum atomic E-state index is -4.64. The minimum absolute atomic E-state index is 0.000705. The van der Waals surface area contributed by atoms with Gasteiger partial charge in [-0.05, 0) is 55.5 Å². The fourth-order valence-corrected chi connectivity index (χ4v) is 5.38. The number of anilines is 1. The second-order valence-corrected chi connectivity index (χ2v) is 10.9. The molecule has 44 heavy (non-hydrogen) atoms. The van der Waals surface area contributed by atoms with Gasteiger partial charge in [-0.3, -0.25) is 14.4 Å². The molecule has 242 valence electrons. The lowest BCUT2D eigenvalue weighted by Gasteiger charge is -2.34. The number of phenolic OH excluding ortho intramolecular Hbond substituents is 1. The molecule has 2 aromatic carbocycles. The maximum absolute atomic E-state index is 13.2. The molecule has 0 spiro atoms. The number of aromatic hydroxyl groups is 1. The molecule has 0 radical (unpaired) electrons. The first-order chi connectivity index (χ1) is 21.1. The van der Waals surface area contributed by atoms with Gasteiger partial charge in [0.25, 0.3) is 5.91 Å². The zero-order valence-electron chi connectivity index (χ0n) is 24.5. The van der Waals surface area contributed by atoms with Crippen LogP contribution in [0.2, 0.25) is 5.02 Å². The monoisotopic (exact) mass is 641 g/mol. The van der Waals surface area contributed by atoms with Crippen LogP contribution in [0.15, 0.2) is 36.4 Å². The smallest absolute Gasteiger partial charge is 0.446 e. The van der Waals surface area contributed by atoms with Crippen molar-refractivity contribution in [3.8, 4) is 11.5 Å². The number of alkyl halides is 3. The SMILES string of the molecule is O=C1COc2c(CCNCCN(C(=O)CCOCCc3ccccc3Cl)C3CCCCC3)ccc(O)c2N1.O=CC(F)(F)F. The van der Waals surface area contributed by atoms with Crippen molar-refractivity contribution in [2.24, 2.45) is 0 Å².